The molecular weight excluding hydrogens is 259 g/mol. The zero-order valence-electron chi connectivity index (χ0n) is 10.7. The van der Waals surface area contributed by atoms with Gasteiger partial charge in [-0.3, -0.25) is 9.36 Å². The fourth-order valence-corrected chi connectivity index (χ4v) is 2.25. The molecular formula is C10H18N2O5P-. The van der Waals surface area contributed by atoms with Gasteiger partial charge in [-0.25, -0.2) is 5.09 Å². The molecule has 8 heteroatoms. The monoisotopic (exact) mass is 277 g/mol. The van der Waals surface area contributed by atoms with E-state index in [1.807, 2.05) is 13.8 Å². The van der Waals surface area contributed by atoms with Crippen molar-refractivity contribution >= 4 is 13.7 Å². The smallest absolute Gasteiger partial charge is 0.323 e. The van der Waals surface area contributed by atoms with Crippen molar-refractivity contribution in [3.63, 3.8) is 0 Å². The number of rotatable bonds is 8. The van der Waals surface area contributed by atoms with Crippen LogP contribution in [0.5, 0.6) is 0 Å². The Morgan fingerprint density at radius 2 is 2.17 bits per heavy atom. The Hall–Kier alpha value is -0.930. The molecule has 1 N–H and O–H groups in total. The van der Waals surface area contributed by atoms with Gasteiger partial charge in [0.15, 0.2) is 0 Å². The van der Waals surface area contributed by atoms with Crippen molar-refractivity contribution in [2.45, 2.75) is 32.7 Å². The number of carbonyl (C=O) groups is 1. The van der Waals surface area contributed by atoms with E-state index >= 15 is 0 Å². The Morgan fingerprint density at radius 1 is 1.56 bits per heavy atom. The third kappa shape index (κ3) is 7.41. The molecule has 104 valence electrons. The van der Waals surface area contributed by atoms with Gasteiger partial charge in [0.25, 0.3) is 0 Å². The molecule has 0 aliphatic rings. The van der Waals surface area contributed by atoms with Gasteiger partial charge in [0.2, 0.25) is 7.75 Å². The average Bonchev–Trinajstić information content (AvgIpc) is 2.26. The van der Waals surface area contributed by atoms with Gasteiger partial charge < -0.3 is 14.2 Å². The molecule has 0 radical (unpaired) electrons. The summed E-state index contributed by atoms with van der Waals surface area (Å²) in [5, 5.41) is 10.4. The molecule has 0 saturated carbocycles. The maximum atomic E-state index is 11.5. The van der Waals surface area contributed by atoms with Gasteiger partial charge in [0.1, 0.15) is 6.04 Å². The number of nitrogens with zero attached hydrogens (tertiary/aromatic N) is 1. The Morgan fingerprint density at radius 3 is 2.61 bits per heavy atom. The van der Waals surface area contributed by atoms with Crippen LogP contribution in [0.4, 0.5) is 0 Å². The van der Waals surface area contributed by atoms with Crippen molar-refractivity contribution in [1.29, 1.82) is 5.26 Å². The molecule has 0 fully saturated rings. The number of methoxy groups -OCH3 is 1. The lowest BCUT2D eigenvalue weighted by Gasteiger charge is -2.28. The van der Waals surface area contributed by atoms with E-state index < -0.39 is 19.8 Å². The van der Waals surface area contributed by atoms with Crippen LogP contribution in [0.3, 0.4) is 0 Å². The molecule has 2 unspecified atom stereocenters. The highest BCUT2D eigenvalue weighted by Crippen LogP contribution is 2.33. The lowest BCUT2D eigenvalue weighted by atomic mass is 10.1. The van der Waals surface area contributed by atoms with Crippen molar-refractivity contribution in [3.05, 3.63) is 0 Å². The number of ether oxygens (including phenoxy) is 1. The van der Waals surface area contributed by atoms with Crippen LogP contribution in [0.25, 0.3) is 0 Å². The highest BCUT2D eigenvalue weighted by molar-refractivity contribution is 7.49. The first kappa shape index (κ1) is 17.1. The fraction of sp³-hybridized carbons (Fsp3) is 0.800. The lowest BCUT2D eigenvalue weighted by molar-refractivity contribution is -0.203. The van der Waals surface area contributed by atoms with E-state index in [0.29, 0.717) is 6.42 Å². The van der Waals surface area contributed by atoms with Gasteiger partial charge >= 0.3 is 5.97 Å². The van der Waals surface area contributed by atoms with E-state index in [2.05, 4.69) is 14.3 Å². The minimum atomic E-state index is -4.35. The highest BCUT2D eigenvalue weighted by Gasteiger charge is 2.24. The third-order valence-electron chi connectivity index (χ3n) is 1.98. The fourth-order valence-electron chi connectivity index (χ4n) is 1.25. The number of nitrogens with one attached hydrogen (secondary N) is 1. The lowest BCUT2D eigenvalue weighted by Crippen LogP contribution is -2.39. The van der Waals surface area contributed by atoms with Crippen molar-refractivity contribution in [2.75, 3.05) is 13.7 Å². The van der Waals surface area contributed by atoms with E-state index in [4.69, 9.17) is 5.26 Å². The second-order valence-corrected chi connectivity index (χ2v) is 5.58. The molecule has 7 nitrogen and oxygen atoms in total. The quantitative estimate of drug-likeness (QED) is 0.392. The summed E-state index contributed by atoms with van der Waals surface area (Å²) >= 11 is 0. The molecule has 0 rings (SSSR count). The van der Waals surface area contributed by atoms with Crippen molar-refractivity contribution in [3.8, 4) is 6.07 Å². The molecule has 0 aromatic heterocycles. The molecule has 18 heavy (non-hydrogen) atoms. The number of hydrogen-bond donors (Lipinski definition) is 1. The predicted molar refractivity (Wildman–Crippen MR) is 62.2 cm³/mol. The molecule has 0 heterocycles. The standard InChI is InChI=1S/C10H19N2O5P/c1-8(2)7-9(10(13)16-3)12-18(14,15)17-6-4-5-11/h8-9H,4,6-7H2,1-3H3,(H2,12,14,15)/p-1. The SMILES string of the molecule is COC(=O)C(CC(C)C)NP(=O)([O-])OCCC#N. The van der Waals surface area contributed by atoms with Crippen molar-refractivity contribution in [2.24, 2.45) is 5.92 Å². The minimum Gasteiger partial charge on any atom is -0.766 e. The summed E-state index contributed by atoms with van der Waals surface area (Å²) in [6, 6.07) is 0.784. The number of carbonyl (C=O) groups excluding carboxylic acids is 1. The van der Waals surface area contributed by atoms with Crippen molar-refractivity contribution in [1.82, 2.24) is 5.09 Å². The van der Waals surface area contributed by atoms with E-state index in [9.17, 15) is 14.3 Å². The van der Waals surface area contributed by atoms with Gasteiger partial charge in [-0.2, -0.15) is 5.26 Å². The van der Waals surface area contributed by atoms with Gasteiger partial charge in [0.05, 0.1) is 26.2 Å². The summed E-state index contributed by atoms with van der Waals surface area (Å²) in [4.78, 5) is 22.9. The molecule has 0 aliphatic carbocycles. The molecule has 0 spiro atoms. The van der Waals surface area contributed by atoms with Gasteiger partial charge in [-0.15, -0.1) is 0 Å². The zero-order chi connectivity index (χ0) is 14.2. The largest absolute Gasteiger partial charge is 0.766 e. The van der Waals surface area contributed by atoms with Crippen molar-refractivity contribution < 1.29 is 23.5 Å². The first-order chi connectivity index (χ1) is 8.32. The van der Waals surface area contributed by atoms with Crippen LogP contribution in [0, 0.1) is 17.2 Å². The van der Waals surface area contributed by atoms with Gasteiger partial charge in [-0.05, 0) is 12.3 Å². The van der Waals surface area contributed by atoms with Crippen LogP contribution in [0.1, 0.15) is 26.7 Å². The van der Waals surface area contributed by atoms with Crippen LogP contribution in [-0.2, 0) is 18.6 Å². The second-order valence-electron chi connectivity index (χ2n) is 4.07. The molecule has 0 aromatic rings. The molecule has 0 amide bonds. The Bertz CT molecular complexity index is 353. The minimum absolute atomic E-state index is 0.0407. The normalized spacial score (nSPS) is 15.8. The van der Waals surface area contributed by atoms with Crippen LogP contribution in [0.15, 0.2) is 0 Å². The van der Waals surface area contributed by atoms with E-state index in [1.54, 1.807) is 6.07 Å². The summed E-state index contributed by atoms with van der Waals surface area (Å²) in [5.74, 6) is -0.552. The van der Waals surface area contributed by atoms with Crippen LogP contribution >= 0.6 is 7.75 Å². The summed E-state index contributed by atoms with van der Waals surface area (Å²) in [7, 11) is -3.17. The topological polar surface area (TPSA) is 111 Å². The van der Waals surface area contributed by atoms with Crippen LogP contribution < -0.4 is 9.98 Å². The summed E-state index contributed by atoms with van der Waals surface area (Å²) in [6.45, 7) is 3.47. The number of nitriles is 1. The summed E-state index contributed by atoms with van der Waals surface area (Å²) in [6.07, 6.45) is 0.265. The molecule has 0 aliphatic heterocycles. The van der Waals surface area contributed by atoms with Crippen LogP contribution in [0.2, 0.25) is 0 Å². The predicted octanol–water partition coefficient (Wildman–Crippen LogP) is 0.562. The third-order valence-corrected chi connectivity index (χ3v) is 3.13. The summed E-state index contributed by atoms with van der Waals surface area (Å²) in [5.41, 5.74) is 0. The second kappa shape index (κ2) is 8.22. The van der Waals surface area contributed by atoms with Gasteiger partial charge in [0, 0.05) is 0 Å². The molecule has 2 atom stereocenters. The first-order valence-electron chi connectivity index (χ1n) is 5.50. The van der Waals surface area contributed by atoms with E-state index in [1.165, 1.54) is 7.11 Å². The van der Waals surface area contributed by atoms with Crippen LogP contribution in [-0.4, -0.2) is 25.7 Å². The maximum Gasteiger partial charge on any atom is 0.323 e. The van der Waals surface area contributed by atoms with E-state index in [-0.39, 0.29) is 18.9 Å². The molecule has 0 aromatic carbocycles. The Kier molecular flexibility index (Phi) is 7.80. The molecule has 0 bridgehead atoms. The zero-order valence-corrected chi connectivity index (χ0v) is 11.6. The number of esters is 1. The summed E-state index contributed by atoms with van der Waals surface area (Å²) < 4.78 is 20.5. The number of hydrogen-bond acceptors (Lipinski definition) is 6. The molecule has 0 saturated heterocycles. The average molecular weight is 277 g/mol. The first-order valence-corrected chi connectivity index (χ1v) is 7.04. The maximum absolute atomic E-state index is 11.5. The Balaban J connectivity index is 4.50. The Labute approximate surface area is 107 Å². The highest BCUT2D eigenvalue weighted by atomic mass is 31.2. The van der Waals surface area contributed by atoms with E-state index in [0.717, 1.165) is 0 Å². The van der Waals surface area contributed by atoms with Gasteiger partial charge in [-0.1, -0.05) is 13.8 Å².